The maximum atomic E-state index is 9.36. The van der Waals surface area contributed by atoms with Gasteiger partial charge in [0.05, 0.1) is 0 Å². The minimum atomic E-state index is 0.406. The van der Waals surface area contributed by atoms with Crippen LogP contribution >= 0.6 is 0 Å². The summed E-state index contributed by atoms with van der Waals surface area (Å²) in [5.41, 5.74) is 0. The Labute approximate surface area is 87.1 Å². The van der Waals surface area contributed by atoms with E-state index in [4.69, 9.17) is 0 Å². The van der Waals surface area contributed by atoms with E-state index in [1.54, 1.807) is 0 Å². The van der Waals surface area contributed by atoms with E-state index in [0.717, 1.165) is 24.9 Å². The van der Waals surface area contributed by atoms with Crippen molar-refractivity contribution in [2.24, 2.45) is 17.8 Å². The highest BCUT2D eigenvalue weighted by atomic mass is 16.3. The van der Waals surface area contributed by atoms with Crippen molar-refractivity contribution >= 4 is 0 Å². The molecule has 1 aliphatic heterocycles. The van der Waals surface area contributed by atoms with E-state index in [2.05, 4.69) is 5.32 Å². The molecule has 2 rings (SSSR count). The topological polar surface area (TPSA) is 32.3 Å². The number of hydrogen-bond acceptors (Lipinski definition) is 2. The summed E-state index contributed by atoms with van der Waals surface area (Å²) in [6.45, 7) is 2.66. The minimum Gasteiger partial charge on any atom is -0.396 e. The molecule has 14 heavy (non-hydrogen) atoms. The average Bonchev–Trinajstić information content (AvgIpc) is 2.30. The lowest BCUT2D eigenvalue weighted by atomic mass is 9.72. The number of piperidine rings is 1. The van der Waals surface area contributed by atoms with Crippen LogP contribution in [0.15, 0.2) is 0 Å². The van der Waals surface area contributed by atoms with Crippen LogP contribution in [-0.2, 0) is 0 Å². The van der Waals surface area contributed by atoms with Gasteiger partial charge in [0, 0.05) is 6.61 Å². The first-order valence-electron chi connectivity index (χ1n) is 6.23. The highest BCUT2D eigenvalue weighted by molar-refractivity contribution is 4.84. The fourth-order valence-electron chi connectivity index (χ4n) is 3.28. The van der Waals surface area contributed by atoms with E-state index >= 15 is 0 Å². The van der Waals surface area contributed by atoms with Gasteiger partial charge in [-0.2, -0.15) is 0 Å². The van der Waals surface area contributed by atoms with Gasteiger partial charge in [-0.05, 0) is 37.3 Å². The summed E-state index contributed by atoms with van der Waals surface area (Å²) in [6, 6.07) is 0. The van der Waals surface area contributed by atoms with Gasteiger partial charge in [0.2, 0.25) is 0 Å². The van der Waals surface area contributed by atoms with Crippen molar-refractivity contribution in [1.29, 1.82) is 0 Å². The number of hydrogen-bond donors (Lipinski definition) is 2. The summed E-state index contributed by atoms with van der Waals surface area (Å²) < 4.78 is 0. The third-order valence-electron chi connectivity index (χ3n) is 4.17. The average molecular weight is 197 g/mol. The van der Waals surface area contributed by atoms with Gasteiger partial charge >= 0.3 is 0 Å². The number of rotatable bonds is 2. The monoisotopic (exact) mass is 197 g/mol. The van der Waals surface area contributed by atoms with Crippen molar-refractivity contribution in [3.63, 3.8) is 0 Å². The number of nitrogens with one attached hydrogen (secondary N) is 1. The highest BCUT2D eigenvalue weighted by Gasteiger charge is 2.31. The minimum absolute atomic E-state index is 0.406. The zero-order valence-electron chi connectivity index (χ0n) is 9.04. The van der Waals surface area contributed by atoms with E-state index in [9.17, 15) is 5.11 Å². The smallest absolute Gasteiger partial charge is 0.0462 e. The van der Waals surface area contributed by atoms with Gasteiger partial charge in [0.15, 0.2) is 0 Å². The predicted octanol–water partition coefficient (Wildman–Crippen LogP) is 1.78. The van der Waals surface area contributed by atoms with Gasteiger partial charge in [-0.3, -0.25) is 0 Å². The second-order valence-corrected chi connectivity index (χ2v) is 5.00. The molecule has 1 heterocycles. The first-order valence-corrected chi connectivity index (χ1v) is 6.23. The summed E-state index contributed by atoms with van der Waals surface area (Å²) in [4.78, 5) is 0. The third-order valence-corrected chi connectivity index (χ3v) is 4.17. The van der Waals surface area contributed by atoms with Crippen LogP contribution in [0.4, 0.5) is 0 Å². The molecule has 0 aromatic heterocycles. The predicted molar refractivity (Wildman–Crippen MR) is 58.1 cm³/mol. The van der Waals surface area contributed by atoms with Gasteiger partial charge in [-0.1, -0.05) is 32.1 Å². The van der Waals surface area contributed by atoms with Crippen LogP contribution in [0.5, 0.6) is 0 Å². The molecule has 82 valence electrons. The molecule has 2 unspecified atom stereocenters. The van der Waals surface area contributed by atoms with Crippen molar-refractivity contribution in [1.82, 2.24) is 5.32 Å². The maximum Gasteiger partial charge on any atom is 0.0462 e. The molecular formula is C12H23NO. The van der Waals surface area contributed by atoms with Gasteiger partial charge in [0.25, 0.3) is 0 Å². The Kier molecular flexibility index (Phi) is 3.82. The molecule has 2 atom stereocenters. The Hall–Kier alpha value is -0.0800. The van der Waals surface area contributed by atoms with Crippen LogP contribution in [-0.4, -0.2) is 24.8 Å². The molecule has 0 radical (unpaired) electrons. The molecule has 2 fully saturated rings. The SMILES string of the molecule is OCC1CCNCC1C1CCCCC1. The van der Waals surface area contributed by atoms with Crippen LogP contribution in [0.2, 0.25) is 0 Å². The standard InChI is InChI=1S/C12H23NO/c14-9-11-6-7-13-8-12(11)10-4-2-1-3-5-10/h10-14H,1-9H2. The molecule has 2 heteroatoms. The van der Waals surface area contributed by atoms with Crippen LogP contribution in [0.1, 0.15) is 38.5 Å². The Morgan fingerprint density at radius 1 is 1.07 bits per heavy atom. The van der Waals surface area contributed by atoms with E-state index in [-0.39, 0.29) is 0 Å². The molecule has 1 aliphatic carbocycles. The van der Waals surface area contributed by atoms with Crippen molar-refractivity contribution < 1.29 is 5.11 Å². The lowest BCUT2D eigenvalue weighted by molar-refractivity contribution is 0.0883. The first-order chi connectivity index (χ1) is 6.92. The van der Waals surface area contributed by atoms with E-state index in [0.29, 0.717) is 12.5 Å². The fourth-order valence-corrected chi connectivity index (χ4v) is 3.28. The quantitative estimate of drug-likeness (QED) is 0.707. The van der Waals surface area contributed by atoms with Crippen molar-refractivity contribution in [2.75, 3.05) is 19.7 Å². The molecule has 0 amide bonds. The molecule has 2 N–H and O–H groups in total. The Morgan fingerprint density at radius 3 is 2.57 bits per heavy atom. The van der Waals surface area contributed by atoms with Crippen LogP contribution in [0.3, 0.4) is 0 Å². The largest absolute Gasteiger partial charge is 0.396 e. The van der Waals surface area contributed by atoms with E-state index in [1.165, 1.54) is 38.5 Å². The number of aliphatic hydroxyl groups is 1. The summed E-state index contributed by atoms with van der Waals surface area (Å²) in [7, 11) is 0. The maximum absolute atomic E-state index is 9.36. The van der Waals surface area contributed by atoms with E-state index < -0.39 is 0 Å². The molecule has 0 aromatic rings. The number of aliphatic hydroxyl groups excluding tert-OH is 1. The zero-order chi connectivity index (χ0) is 9.80. The second-order valence-electron chi connectivity index (χ2n) is 5.00. The summed E-state index contributed by atoms with van der Waals surface area (Å²) in [5, 5.41) is 12.8. The van der Waals surface area contributed by atoms with Gasteiger partial charge < -0.3 is 10.4 Å². The summed E-state index contributed by atoms with van der Waals surface area (Å²) in [6.07, 6.45) is 8.25. The second kappa shape index (κ2) is 5.13. The van der Waals surface area contributed by atoms with Gasteiger partial charge in [0.1, 0.15) is 0 Å². The van der Waals surface area contributed by atoms with Crippen LogP contribution in [0.25, 0.3) is 0 Å². The zero-order valence-corrected chi connectivity index (χ0v) is 9.04. The van der Waals surface area contributed by atoms with Crippen molar-refractivity contribution in [3.05, 3.63) is 0 Å². The van der Waals surface area contributed by atoms with Gasteiger partial charge in [-0.15, -0.1) is 0 Å². The summed E-state index contributed by atoms with van der Waals surface area (Å²) >= 11 is 0. The molecule has 1 saturated heterocycles. The molecular weight excluding hydrogens is 174 g/mol. The Balaban J connectivity index is 1.91. The third kappa shape index (κ3) is 2.29. The van der Waals surface area contributed by atoms with Crippen molar-refractivity contribution in [2.45, 2.75) is 38.5 Å². The Morgan fingerprint density at radius 2 is 1.86 bits per heavy atom. The fraction of sp³-hybridized carbons (Fsp3) is 1.00. The molecule has 0 bridgehead atoms. The molecule has 0 aromatic carbocycles. The van der Waals surface area contributed by atoms with Gasteiger partial charge in [-0.25, -0.2) is 0 Å². The first kappa shape index (κ1) is 10.4. The molecule has 0 spiro atoms. The molecule has 1 saturated carbocycles. The van der Waals surface area contributed by atoms with Crippen LogP contribution in [0, 0.1) is 17.8 Å². The normalized spacial score (nSPS) is 35.8. The molecule has 2 nitrogen and oxygen atoms in total. The van der Waals surface area contributed by atoms with Crippen molar-refractivity contribution in [3.8, 4) is 0 Å². The lowest BCUT2D eigenvalue weighted by Gasteiger charge is -2.38. The highest BCUT2D eigenvalue weighted by Crippen LogP contribution is 2.35. The van der Waals surface area contributed by atoms with E-state index in [1.807, 2.05) is 0 Å². The van der Waals surface area contributed by atoms with Crippen LogP contribution < -0.4 is 5.32 Å². The molecule has 2 aliphatic rings. The summed E-state index contributed by atoms with van der Waals surface area (Å²) in [5.74, 6) is 2.24. The lowest BCUT2D eigenvalue weighted by Crippen LogP contribution is -2.42. The Bertz CT molecular complexity index is 166.